The molecule has 0 aliphatic carbocycles. The van der Waals surface area contributed by atoms with Crippen LogP contribution in [0.1, 0.15) is 18.1 Å². The number of benzene rings is 2. The SMILES string of the molecule is CCNCc1cccc(Cl)c1OCc1ccc(Cl)c(F)c1. The average Bonchev–Trinajstić information content (AvgIpc) is 2.47. The summed E-state index contributed by atoms with van der Waals surface area (Å²) < 4.78 is 19.2. The van der Waals surface area contributed by atoms with Crippen LogP contribution in [0.3, 0.4) is 0 Å². The lowest BCUT2D eigenvalue weighted by Crippen LogP contribution is -2.13. The molecule has 5 heteroatoms. The number of halogens is 3. The third-order valence-electron chi connectivity index (χ3n) is 2.98. The number of nitrogens with one attached hydrogen (secondary N) is 1. The van der Waals surface area contributed by atoms with E-state index in [0.717, 1.165) is 12.1 Å². The van der Waals surface area contributed by atoms with E-state index in [4.69, 9.17) is 27.9 Å². The molecule has 0 bridgehead atoms. The zero-order valence-corrected chi connectivity index (χ0v) is 13.1. The van der Waals surface area contributed by atoms with E-state index in [1.807, 2.05) is 19.1 Å². The van der Waals surface area contributed by atoms with Gasteiger partial charge in [0.2, 0.25) is 0 Å². The maximum Gasteiger partial charge on any atom is 0.142 e. The first-order valence-electron chi connectivity index (χ1n) is 6.66. The van der Waals surface area contributed by atoms with Crippen LogP contribution in [0, 0.1) is 5.82 Å². The van der Waals surface area contributed by atoms with E-state index < -0.39 is 5.82 Å². The lowest BCUT2D eigenvalue weighted by molar-refractivity contribution is 0.302. The highest BCUT2D eigenvalue weighted by molar-refractivity contribution is 6.32. The normalized spacial score (nSPS) is 10.7. The Morgan fingerprint density at radius 3 is 2.67 bits per heavy atom. The Bertz CT molecular complexity index is 619. The molecular formula is C16H16Cl2FNO. The van der Waals surface area contributed by atoms with E-state index in [0.29, 0.717) is 22.9 Å². The molecule has 0 spiro atoms. The fourth-order valence-corrected chi connectivity index (χ4v) is 2.27. The molecule has 2 aromatic rings. The van der Waals surface area contributed by atoms with Gasteiger partial charge in [0.15, 0.2) is 0 Å². The molecule has 0 unspecified atom stereocenters. The largest absolute Gasteiger partial charge is 0.487 e. The van der Waals surface area contributed by atoms with Crippen molar-refractivity contribution >= 4 is 23.2 Å². The predicted molar refractivity (Wildman–Crippen MR) is 84.6 cm³/mol. The Kier molecular flexibility index (Phi) is 5.85. The van der Waals surface area contributed by atoms with Crippen molar-refractivity contribution in [2.24, 2.45) is 0 Å². The Morgan fingerprint density at radius 2 is 1.95 bits per heavy atom. The highest BCUT2D eigenvalue weighted by Gasteiger charge is 2.09. The van der Waals surface area contributed by atoms with Crippen molar-refractivity contribution in [3.63, 3.8) is 0 Å². The zero-order valence-electron chi connectivity index (χ0n) is 11.6. The van der Waals surface area contributed by atoms with Crippen LogP contribution < -0.4 is 10.1 Å². The van der Waals surface area contributed by atoms with Gasteiger partial charge in [0, 0.05) is 12.1 Å². The number of para-hydroxylation sites is 1. The van der Waals surface area contributed by atoms with Gasteiger partial charge in [-0.15, -0.1) is 0 Å². The summed E-state index contributed by atoms with van der Waals surface area (Å²) in [6, 6.07) is 10.2. The third-order valence-corrected chi connectivity index (χ3v) is 3.59. The third kappa shape index (κ3) is 4.34. The van der Waals surface area contributed by atoms with Crippen LogP contribution in [-0.4, -0.2) is 6.54 Å². The van der Waals surface area contributed by atoms with Crippen molar-refractivity contribution in [3.05, 3.63) is 63.4 Å². The van der Waals surface area contributed by atoms with Crippen LogP contribution in [-0.2, 0) is 13.2 Å². The van der Waals surface area contributed by atoms with Crippen molar-refractivity contribution < 1.29 is 9.13 Å². The minimum Gasteiger partial charge on any atom is -0.487 e. The minimum atomic E-state index is -0.454. The van der Waals surface area contributed by atoms with Crippen molar-refractivity contribution in [2.45, 2.75) is 20.1 Å². The number of hydrogen-bond donors (Lipinski definition) is 1. The highest BCUT2D eigenvalue weighted by Crippen LogP contribution is 2.29. The lowest BCUT2D eigenvalue weighted by atomic mass is 10.2. The van der Waals surface area contributed by atoms with Crippen molar-refractivity contribution in [2.75, 3.05) is 6.54 Å². The van der Waals surface area contributed by atoms with Crippen LogP contribution in [0.15, 0.2) is 36.4 Å². The van der Waals surface area contributed by atoms with Gasteiger partial charge >= 0.3 is 0 Å². The maximum absolute atomic E-state index is 13.4. The van der Waals surface area contributed by atoms with Crippen LogP contribution in [0.5, 0.6) is 5.75 Å². The van der Waals surface area contributed by atoms with E-state index in [9.17, 15) is 4.39 Å². The molecule has 0 aliphatic heterocycles. The Morgan fingerprint density at radius 1 is 1.14 bits per heavy atom. The van der Waals surface area contributed by atoms with Crippen molar-refractivity contribution in [3.8, 4) is 5.75 Å². The summed E-state index contributed by atoms with van der Waals surface area (Å²) in [6.07, 6.45) is 0. The van der Waals surface area contributed by atoms with Crippen LogP contribution in [0.2, 0.25) is 10.0 Å². The molecule has 21 heavy (non-hydrogen) atoms. The van der Waals surface area contributed by atoms with Crippen LogP contribution >= 0.6 is 23.2 Å². The van der Waals surface area contributed by atoms with Gasteiger partial charge in [-0.05, 0) is 30.3 Å². The molecule has 1 N–H and O–H groups in total. The summed E-state index contributed by atoms with van der Waals surface area (Å²) in [7, 11) is 0. The molecule has 2 rings (SSSR count). The summed E-state index contributed by atoms with van der Waals surface area (Å²) >= 11 is 11.8. The van der Waals surface area contributed by atoms with E-state index in [2.05, 4.69) is 5.32 Å². The van der Waals surface area contributed by atoms with Gasteiger partial charge in [0.1, 0.15) is 18.2 Å². The van der Waals surface area contributed by atoms with Crippen molar-refractivity contribution in [1.29, 1.82) is 0 Å². The molecule has 112 valence electrons. The summed E-state index contributed by atoms with van der Waals surface area (Å²) in [5.41, 5.74) is 1.67. The lowest BCUT2D eigenvalue weighted by Gasteiger charge is -2.13. The molecule has 2 aromatic carbocycles. The summed E-state index contributed by atoms with van der Waals surface area (Å²) in [5.74, 6) is 0.167. The second kappa shape index (κ2) is 7.64. The van der Waals surface area contributed by atoms with E-state index in [1.54, 1.807) is 12.1 Å². The molecule has 0 fully saturated rings. The van der Waals surface area contributed by atoms with Crippen LogP contribution in [0.25, 0.3) is 0 Å². The van der Waals surface area contributed by atoms with Gasteiger partial charge in [0.05, 0.1) is 10.0 Å². The first-order chi connectivity index (χ1) is 10.1. The molecule has 0 saturated carbocycles. The Labute approximate surface area is 133 Å². The number of rotatable bonds is 6. The van der Waals surface area contributed by atoms with Gasteiger partial charge in [-0.3, -0.25) is 0 Å². The van der Waals surface area contributed by atoms with Crippen LogP contribution in [0.4, 0.5) is 4.39 Å². The molecule has 0 saturated heterocycles. The molecule has 0 amide bonds. The maximum atomic E-state index is 13.4. The summed E-state index contributed by atoms with van der Waals surface area (Å²) in [6.45, 7) is 3.79. The smallest absolute Gasteiger partial charge is 0.142 e. The highest BCUT2D eigenvalue weighted by atomic mass is 35.5. The summed E-state index contributed by atoms with van der Waals surface area (Å²) in [5, 5.41) is 3.87. The molecule has 0 heterocycles. The average molecular weight is 328 g/mol. The molecule has 0 aliphatic rings. The molecule has 2 nitrogen and oxygen atoms in total. The fourth-order valence-electron chi connectivity index (χ4n) is 1.90. The van der Waals surface area contributed by atoms with E-state index in [-0.39, 0.29) is 11.6 Å². The van der Waals surface area contributed by atoms with E-state index >= 15 is 0 Å². The minimum absolute atomic E-state index is 0.101. The fraction of sp³-hybridized carbons (Fsp3) is 0.250. The first kappa shape index (κ1) is 16.1. The monoisotopic (exact) mass is 327 g/mol. The predicted octanol–water partition coefficient (Wildman–Crippen LogP) is 4.82. The second-order valence-electron chi connectivity index (χ2n) is 4.55. The molecule has 0 atom stereocenters. The Hall–Kier alpha value is -1.29. The molecular weight excluding hydrogens is 312 g/mol. The van der Waals surface area contributed by atoms with Gasteiger partial charge in [-0.1, -0.05) is 48.3 Å². The topological polar surface area (TPSA) is 21.3 Å². The van der Waals surface area contributed by atoms with Gasteiger partial charge in [-0.25, -0.2) is 4.39 Å². The van der Waals surface area contributed by atoms with Gasteiger partial charge < -0.3 is 10.1 Å². The van der Waals surface area contributed by atoms with E-state index in [1.165, 1.54) is 12.1 Å². The van der Waals surface area contributed by atoms with Gasteiger partial charge in [-0.2, -0.15) is 0 Å². The number of ether oxygens (including phenoxy) is 1. The van der Waals surface area contributed by atoms with Crippen molar-refractivity contribution in [1.82, 2.24) is 5.32 Å². The second-order valence-corrected chi connectivity index (χ2v) is 5.36. The quantitative estimate of drug-likeness (QED) is 0.821. The Balaban J connectivity index is 2.13. The number of hydrogen-bond acceptors (Lipinski definition) is 2. The standard InChI is InChI=1S/C16H16Cl2FNO/c1-2-20-9-12-4-3-5-14(18)16(12)21-10-11-6-7-13(17)15(19)8-11/h3-8,20H,2,9-10H2,1H3. The van der Waals surface area contributed by atoms with Gasteiger partial charge in [0.25, 0.3) is 0 Å². The summed E-state index contributed by atoms with van der Waals surface area (Å²) in [4.78, 5) is 0. The first-order valence-corrected chi connectivity index (χ1v) is 7.42. The molecule has 0 radical (unpaired) electrons. The molecule has 0 aromatic heterocycles. The zero-order chi connectivity index (χ0) is 15.2.